The minimum atomic E-state index is -0.857. The lowest BCUT2D eigenvalue weighted by molar-refractivity contribution is -0.136. The molecule has 0 saturated carbocycles. The van der Waals surface area contributed by atoms with Crippen LogP contribution in [-0.2, 0) is 22.4 Å². The summed E-state index contributed by atoms with van der Waals surface area (Å²) in [7, 11) is 0. The molecular weight excluding hydrogens is 334 g/mol. The van der Waals surface area contributed by atoms with Crippen LogP contribution in [0.4, 0.5) is 17.3 Å². The van der Waals surface area contributed by atoms with E-state index in [-0.39, 0.29) is 18.7 Å². The Morgan fingerprint density at radius 3 is 2.96 bits per heavy atom. The van der Waals surface area contributed by atoms with Crippen LogP contribution in [0.25, 0.3) is 0 Å². The minimum absolute atomic E-state index is 0.00490. The highest BCUT2D eigenvalue weighted by molar-refractivity contribution is 6.01. The molecule has 1 aliphatic rings. The van der Waals surface area contributed by atoms with Gasteiger partial charge in [-0.05, 0) is 31.0 Å². The van der Waals surface area contributed by atoms with Crippen molar-refractivity contribution in [3.8, 4) is 0 Å². The zero-order valence-electron chi connectivity index (χ0n) is 14.5. The molecule has 1 aromatic heterocycles. The van der Waals surface area contributed by atoms with Gasteiger partial charge in [-0.25, -0.2) is 9.97 Å². The molecule has 8 nitrogen and oxygen atoms in total. The number of hydrogen-bond donors (Lipinski definition) is 3. The van der Waals surface area contributed by atoms with Crippen molar-refractivity contribution in [2.24, 2.45) is 0 Å². The molecule has 0 fully saturated rings. The van der Waals surface area contributed by atoms with Gasteiger partial charge < -0.3 is 16.2 Å². The van der Waals surface area contributed by atoms with Gasteiger partial charge in [-0.3, -0.25) is 14.5 Å². The largest absolute Gasteiger partial charge is 0.481 e. The van der Waals surface area contributed by atoms with E-state index in [0.29, 0.717) is 36.1 Å². The Kier molecular flexibility index (Phi) is 5.01. The molecule has 0 saturated heterocycles. The number of carbonyl (C=O) groups excluding carboxylic acids is 1. The Balaban J connectivity index is 1.57. The summed E-state index contributed by atoms with van der Waals surface area (Å²) in [6.07, 6.45) is 0.957. The molecule has 136 valence electrons. The summed E-state index contributed by atoms with van der Waals surface area (Å²) in [5.41, 5.74) is 8.20. The van der Waals surface area contributed by atoms with Crippen molar-refractivity contribution in [1.82, 2.24) is 9.97 Å². The summed E-state index contributed by atoms with van der Waals surface area (Å²) in [5, 5.41) is 12.1. The molecule has 0 aliphatic carbocycles. The van der Waals surface area contributed by atoms with Crippen molar-refractivity contribution >= 4 is 29.2 Å². The van der Waals surface area contributed by atoms with Crippen molar-refractivity contribution in [2.75, 3.05) is 29.0 Å². The van der Waals surface area contributed by atoms with Crippen LogP contribution in [0, 0.1) is 6.92 Å². The van der Waals surface area contributed by atoms with Crippen molar-refractivity contribution < 1.29 is 14.7 Å². The normalized spacial score (nSPS) is 13.0. The molecule has 0 radical (unpaired) electrons. The van der Waals surface area contributed by atoms with E-state index in [0.717, 1.165) is 17.7 Å². The van der Waals surface area contributed by atoms with Gasteiger partial charge in [-0.2, -0.15) is 0 Å². The van der Waals surface area contributed by atoms with Gasteiger partial charge in [0.15, 0.2) is 0 Å². The Morgan fingerprint density at radius 2 is 2.19 bits per heavy atom. The highest BCUT2D eigenvalue weighted by atomic mass is 16.4. The second-order valence-electron chi connectivity index (χ2n) is 6.23. The quantitative estimate of drug-likeness (QED) is 0.642. The molecule has 2 aromatic rings. The van der Waals surface area contributed by atoms with Crippen LogP contribution in [0.1, 0.15) is 23.4 Å². The summed E-state index contributed by atoms with van der Waals surface area (Å²) >= 11 is 0. The minimum Gasteiger partial charge on any atom is -0.481 e. The molecule has 0 atom stereocenters. The average molecular weight is 355 g/mol. The number of carboxylic acid groups (broad SMARTS) is 1. The monoisotopic (exact) mass is 355 g/mol. The number of nitrogens with zero attached hydrogens (tertiary/aromatic N) is 3. The number of nitrogens with two attached hydrogens (primary N) is 1. The molecule has 26 heavy (non-hydrogen) atoms. The van der Waals surface area contributed by atoms with Crippen molar-refractivity contribution in [1.29, 1.82) is 0 Å². The first-order valence-corrected chi connectivity index (χ1v) is 8.42. The Hall–Kier alpha value is -3.16. The third-order valence-corrected chi connectivity index (χ3v) is 4.18. The fourth-order valence-electron chi connectivity index (χ4n) is 3.03. The highest BCUT2D eigenvalue weighted by Gasteiger charge is 2.30. The first kappa shape index (κ1) is 17.7. The Bertz CT molecular complexity index is 853. The first-order chi connectivity index (χ1) is 12.4. The zero-order valence-corrected chi connectivity index (χ0v) is 14.5. The van der Waals surface area contributed by atoms with E-state index in [1.165, 1.54) is 0 Å². The molecular formula is C18H21N5O3. The lowest BCUT2D eigenvalue weighted by Crippen LogP contribution is -2.29. The van der Waals surface area contributed by atoms with Crippen LogP contribution in [0.15, 0.2) is 24.3 Å². The number of nitrogens with one attached hydrogen (secondary N) is 1. The molecule has 1 aliphatic heterocycles. The number of rotatable bonds is 7. The fraction of sp³-hybridized carbons (Fsp3) is 0.333. The van der Waals surface area contributed by atoms with E-state index in [9.17, 15) is 9.59 Å². The van der Waals surface area contributed by atoms with E-state index < -0.39 is 5.97 Å². The number of amides is 1. The van der Waals surface area contributed by atoms with Crippen molar-refractivity contribution in [2.45, 2.75) is 26.2 Å². The van der Waals surface area contributed by atoms with Crippen LogP contribution < -0.4 is 16.0 Å². The molecule has 0 bridgehead atoms. The molecule has 8 heteroatoms. The van der Waals surface area contributed by atoms with Gasteiger partial charge in [0.05, 0.1) is 12.8 Å². The molecule has 0 spiro atoms. The predicted octanol–water partition coefficient (Wildman–Crippen LogP) is 1.39. The fourth-order valence-corrected chi connectivity index (χ4v) is 3.03. The molecule has 1 amide bonds. The van der Waals surface area contributed by atoms with E-state index >= 15 is 0 Å². The standard InChI is InChI=1S/C18H21N5O3/c1-11-21-17(19)14-10-15(24)23(18(14)22-11)7-3-6-20-13-5-2-4-12(8-13)9-16(25)26/h2,4-5,8,20H,3,6-7,9-10H2,1H3,(H,25,26)(H2,19,21,22). The number of nitrogen functional groups attached to an aromatic ring is 1. The summed E-state index contributed by atoms with van der Waals surface area (Å²) in [4.78, 5) is 33.2. The summed E-state index contributed by atoms with van der Waals surface area (Å²) in [6.45, 7) is 2.93. The van der Waals surface area contributed by atoms with Crippen LogP contribution in [-0.4, -0.2) is 40.0 Å². The number of carbonyl (C=O) groups is 2. The van der Waals surface area contributed by atoms with Gasteiger partial charge in [0.1, 0.15) is 17.5 Å². The number of anilines is 3. The number of aryl methyl sites for hydroxylation is 1. The Morgan fingerprint density at radius 1 is 1.38 bits per heavy atom. The van der Waals surface area contributed by atoms with Crippen molar-refractivity contribution in [3.05, 3.63) is 41.2 Å². The molecule has 2 heterocycles. The number of hydrogen-bond acceptors (Lipinski definition) is 6. The van der Waals surface area contributed by atoms with E-state index in [1.807, 2.05) is 18.2 Å². The lowest BCUT2D eigenvalue weighted by Gasteiger charge is -2.17. The average Bonchev–Trinajstić information content (AvgIpc) is 2.88. The van der Waals surface area contributed by atoms with E-state index in [1.54, 1.807) is 17.9 Å². The second kappa shape index (κ2) is 7.38. The number of aliphatic carboxylic acids is 1. The lowest BCUT2D eigenvalue weighted by atomic mass is 10.1. The second-order valence-corrected chi connectivity index (χ2v) is 6.23. The van der Waals surface area contributed by atoms with Crippen LogP contribution >= 0.6 is 0 Å². The highest BCUT2D eigenvalue weighted by Crippen LogP contribution is 2.30. The third kappa shape index (κ3) is 3.90. The molecule has 0 unspecified atom stereocenters. The van der Waals surface area contributed by atoms with Crippen LogP contribution in [0.2, 0.25) is 0 Å². The van der Waals surface area contributed by atoms with Gasteiger partial charge in [0.2, 0.25) is 5.91 Å². The van der Waals surface area contributed by atoms with Gasteiger partial charge in [-0.15, -0.1) is 0 Å². The summed E-state index contributed by atoms with van der Waals surface area (Å²) < 4.78 is 0. The maximum atomic E-state index is 12.2. The van der Waals surface area contributed by atoms with Crippen LogP contribution in [0.3, 0.4) is 0 Å². The summed E-state index contributed by atoms with van der Waals surface area (Å²) in [6, 6.07) is 7.32. The molecule has 3 rings (SSSR count). The number of carboxylic acids is 1. The first-order valence-electron chi connectivity index (χ1n) is 8.42. The van der Waals surface area contributed by atoms with E-state index in [2.05, 4.69) is 15.3 Å². The van der Waals surface area contributed by atoms with Gasteiger partial charge in [-0.1, -0.05) is 12.1 Å². The topological polar surface area (TPSA) is 121 Å². The van der Waals surface area contributed by atoms with Gasteiger partial charge in [0.25, 0.3) is 0 Å². The third-order valence-electron chi connectivity index (χ3n) is 4.18. The zero-order chi connectivity index (χ0) is 18.7. The number of aromatic nitrogens is 2. The van der Waals surface area contributed by atoms with Gasteiger partial charge >= 0.3 is 5.97 Å². The molecule has 4 N–H and O–H groups in total. The van der Waals surface area contributed by atoms with E-state index in [4.69, 9.17) is 10.8 Å². The molecule has 1 aromatic carbocycles. The Labute approximate surface area is 151 Å². The smallest absolute Gasteiger partial charge is 0.307 e. The number of benzene rings is 1. The van der Waals surface area contributed by atoms with Crippen LogP contribution in [0.5, 0.6) is 0 Å². The van der Waals surface area contributed by atoms with Crippen molar-refractivity contribution in [3.63, 3.8) is 0 Å². The predicted molar refractivity (Wildman–Crippen MR) is 98.1 cm³/mol. The maximum Gasteiger partial charge on any atom is 0.307 e. The summed E-state index contributed by atoms with van der Waals surface area (Å²) in [5.74, 6) is 0.662. The van der Waals surface area contributed by atoms with Gasteiger partial charge in [0, 0.05) is 24.3 Å². The maximum absolute atomic E-state index is 12.2. The number of fused-ring (bicyclic) bond motifs is 1. The SMILES string of the molecule is Cc1nc(N)c2c(n1)N(CCCNc1cccc(CC(=O)O)c1)C(=O)C2.